The van der Waals surface area contributed by atoms with Gasteiger partial charge in [-0.15, -0.1) is 0 Å². The topological polar surface area (TPSA) is 66.4 Å². The lowest BCUT2D eigenvalue weighted by Gasteiger charge is -2.09. The van der Waals surface area contributed by atoms with E-state index in [2.05, 4.69) is 5.32 Å². The Hall–Kier alpha value is -0.900. The second-order valence-electron chi connectivity index (χ2n) is 2.05. The highest BCUT2D eigenvalue weighted by molar-refractivity contribution is 5.86. The highest BCUT2D eigenvalue weighted by Gasteiger charge is 2.12. The number of carbonyl (C=O) groups excluding carboxylic acids is 2. The summed E-state index contributed by atoms with van der Waals surface area (Å²) >= 11 is 0. The summed E-state index contributed by atoms with van der Waals surface area (Å²) in [5.74, 6) is -0.549. The third kappa shape index (κ3) is 3.19. The van der Waals surface area contributed by atoms with Crippen LogP contribution in [0.5, 0.6) is 0 Å². The summed E-state index contributed by atoms with van der Waals surface area (Å²) in [4.78, 5) is 20.9. The molecule has 2 N–H and O–H groups in total. The Kier molecular flexibility index (Phi) is 3.64. The molecule has 0 aromatic rings. The fourth-order valence-corrected chi connectivity index (χ4v) is 0.521. The second kappa shape index (κ2) is 4.00. The first-order valence-electron chi connectivity index (χ1n) is 2.96. The van der Waals surface area contributed by atoms with Gasteiger partial charge in [-0.25, -0.2) is 0 Å². The lowest BCUT2D eigenvalue weighted by molar-refractivity contribution is -0.126. The van der Waals surface area contributed by atoms with Crippen molar-refractivity contribution in [1.29, 1.82) is 0 Å². The van der Waals surface area contributed by atoms with E-state index in [1.165, 1.54) is 13.8 Å². The van der Waals surface area contributed by atoms with Crippen LogP contribution in [0.2, 0.25) is 0 Å². The molecule has 0 saturated heterocycles. The number of hydrogen-bond donors (Lipinski definition) is 2. The SMILES string of the molecule is CC(=O)N[C@@H](CO)C(C)=O. The number of nitrogens with one attached hydrogen (secondary N) is 1. The molecule has 0 aliphatic carbocycles. The highest BCUT2D eigenvalue weighted by Crippen LogP contribution is 1.82. The third-order valence-corrected chi connectivity index (χ3v) is 1.05. The standard InChI is InChI=1S/C6H11NO3/c1-4(9)6(3-8)7-5(2)10/h6,8H,3H2,1-2H3,(H,7,10)/t6-/m0/s1. The average Bonchev–Trinajstić information content (AvgIpc) is 1.81. The largest absolute Gasteiger partial charge is 0.394 e. The van der Waals surface area contributed by atoms with Crippen molar-refractivity contribution >= 4 is 11.7 Å². The molecule has 58 valence electrons. The van der Waals surface area contributed by atoms with Gasteiger partial charge in [0.25, 0.3) is 0 Å². The predicted molar refractivity (Wildman–Crippen MR) is 35.4 cm³/mol. The number of rotatable bonds is 3. The van der Waals surface area contributed by atoms with Crippen LogP contribution in [-0.4, -0.2) is 29.4 Å². The Balaban J connectivity index is 3.83. The van der Waals surface area contributed by atoms with E-state index in [4.69, 9.17) is 5.11 Å². The van der Waals surface area contributed by atoms with E-state index in [1.807, 2.05) is 0 Å². The zero-order valence-electron chi connectivity index (χ0n) is 6.05. The van der Waals surface area contributed by atoms with Crippen molar-refractivity contribution < 1.29 is 14.7 Å². The zero-order valence-corrected chi connectivity index (χ0v) is 6.05. The Bertz CT molecular complexity index is 144. The molecule has 0 radical (unpaired) electrons. The molecule has 0 aliphatic heterocycles. The lowest BCUT2D eigenvalue weighted by atomic mass is 10.2. The normalized spacial score (nSPS) is 12.3. The van der Waals surface area contributed by atoms with Crippen molar-refractivity contribution in [2.45, 2.75) is 19.9 Å². The number of aliphatic hydroxyl groups is 1. The van der Waals surface area contributed by atoms with Gasteiger partial charge >= 0.3 is 0 Å². The molecule has 1 amide bonds. The van der Waals surface area contributed by atoms with Gasteiger partial charge in [0.15, 0.2) is 5.78 Å². The number of Topliss-reactive ketones (excluding diaryl/α,β-unsaturated/α-hetero) is 1. The van der Waals surface area contributed by atoms with Crippen molar-refractivity contribution in [2.75, 3.05) is 6.61 Å². The third-order valence-electron chi connectivity index (χ3n) is 1.05. The first-order valence-corrected chi connectivity index (χ1v) is 2.96. The Morgan fingerprint density at radius 2 is 2.00 bits per heavy atom. The summed E-state index contributed by atoms with van der Waals surface area (Å²) in [5, 5.41) is 10.8. The maximum absolute atomic E-state index is 10.5. The minimum atomic E-state index is -0.738. The molecule has 1 atom stereocenters. The lowest BCUT2D eigenvalue weighted by Crippen LogP contribution is -2.41. The molecule has 0 saturated carbocycles. The first-order chi connectivity index (χ1) is 4.57. The highest BCUT2D eigenvalue weighted by atomic mass is 16.3. The Morgan fingerprint density at radius 3 is 2.10 bits per heavy atom. The van der Waals surface area contributed by atoms with Crippen LogP contribution in [0.25, 0.3) is 0 Å². The van der Waals surface area contributed by atoms with Crippen molar-refractivity contribution in [3.05, 3.63) is 0 Å². The smallest absolute Gasteiger partial charge is 0.217 e. The summed E-state index contributed by atoms with van der Waals surface area (Å²) in [6.07, 6.45) is 0. The number of carbonyl (C=O) groups is 2. The van der Waals surface area contributed by atoms with Gasteiger partial charge in [0.2, 0.25) is 5.91 Å². The first kappa shape index (κ1) is 9.10. The van der Waals surface area contributed by atoms with Gasteiger partial charge < -0.3 is 10.4 Å². The summed E-state index contributed by atoms with van der Waals surface area (Å²) in [6.45, 7) is 2.28. The molecule has 4 nitrogen and oxygen atoms in total. The van der Waals surface area contributed by atoms with Gasteiger partial charge in [-0.2, -0.15) is 0 Å². The van der Waals surface area contributed by atoms with Crippen LogP contribution >= 0.6 is 0 Å². The molecule has 0 rings (SSSR count). The summed E-state index contributed by atoms with van der Waals surface area (Å²) < 4.78 is 0. The molecule has 0 bridgehead atoms. The monoisotopic (exact) mass is 145 g/mol. The number of aliphatic hydroxyl groups excluding tert-OH is 1. The molecular weight excluding hydrogens is 134 g/mol. The molecule has 0 aromatic heterocycles. The maximum Gasteiger partial charge on any atom is 0.217 e. The van der Waals surface area contributed by atoms with Gasteiger partial charge in [-0.1, -0.05) is 0 Å². The fraction of sp³-hybridized carbons (Fsp3) is 0.667. The van der Waals surface area contributed by atoms with Crippen LogP contribution in [-0.2, 0) is 9.59 Å². The molecule has 0 fully saturated rings. The van der Waals surface area contributed by atoms with Gasteiger partial charge in [-0.05, 0) is 6.92 Å². The van der Waals surface area contributed by atoms with Crippen LogP contribution in [0, 0.1) is 0 Å². The molecule has 0 heterocycles. The van der Waals surface area contributed by atoms with Gasteiger partial charge in [0.1, 0.15) is 6.04 Å². The van der Waals surface area contributed by atoms with Crippen LogP contribution in [0.4, 0.5) is 0 Å². The van der Waals surface area contributed by atoms with E-state index in [1.54, 1.807) is 0 Å². The van der Waals surface area contributed by atoms with E-state index in [0.29, 0.717) is 0 Å². The van der Waals surface area contributed by atoms with Crippen LogP contribution in [0.3, 0.4) is 0 Å². The van der Waals surface area contributed by atoms with E-state index >= 15 is 0 Å². The minimum Gasteiger partial charge on any atom is -0.394 e. The molecule has 0 spiro atoms. The van der Waals surface area contributed by atoms with Crippen molar-refractivity contribution in [1.82, 2.24) is 5.32 Å². The molecule has 0 unspecified atom stereocenters. The minimum absolute atomic E-state index is 0.238. The van der Waals surface area contributed by atoms with Gasteiger partial charge in [-0.3, -0.25) is 9.59 Å². The second-order valence-corrected chi connectivity index (χ2v) is 2.05. The Labute approximate surface area is 59.2 Å². The van der Waals surface area contributed by atoms with Crippen LogP contribution in [0.1, 0.15) is 13.8 Å². The number of amides is 1. The number of hydrogen-bond acceptors (Lipinski definition) is 3. The van der Waals surface area contributed by atoms with E-state index in [-0.39, 0.29) is 18.3 Å². The molecule has 0 aliphatic rings. The molecule has 10 heavy (non-hydrogen) atoms. The van der Waals surface area contributed by atoms with E-state index < -0.39 is 6.04 Å². The summed E-state index contributed by atoms with van der Waals surface area (Å²) in [7, 11) is 0. The zero-order chi connectivity index (χ0) is 8.15. The molecule has 0 aromatic carbocycles. The van der Waals surface area contributed by atoms with Crippen molar-refractivity contribution in [3.8, 4) is 0 Å². The quantitative estimate of drug-likeness (QED) is 0.539. The Morgan fingerprint density at radius 1 is 1.50 bits per heavy atom. The summed E-state index contributed by atoms with van der Waals surface area (Å²) in [6, 6.07) is -0.738. The van der Waals surface area contributed by atoms with Gasteiger partial charge in [0.05, 0.1) is 6.61 Å². The van der Waals surface area contributed by atoms with Crippen LogP contribution in [0.15, 0.2) is 0 Å². The summed E-state index contributed by atoms with van der Waals surface area (Å²) in [5.41, 5.74) is 0. The molecule has 4 heteroatoms. The maximum atomic E-state index is 10.5. The fourth-order valence-electron chi connectivity index (χ4n) is 0.521. The van der Waals surface area contributed by atoms with E-state index in [0.717, 1.165) is 0 Å². The predicted octanol–water partition coefficient (Wildman–Crippen LogP) is -0.928. The van der Waals surface area contributed by atoms with Crippen molar-refractivity contribution in [3.63, 3.8) is 0 Å². The number of ketones is 1. The van der Waals surface area contributed by atoms with E-state index in [9.17, 15) is 9.59 Å². The van der Waals surface area contributed by atoms with Crippen molar-refractivity contribution in [2.24, 2.45) is 0 Å². The molecular formula is C6H11NO3. The van der Waals surface area contributed by atoms with Crippen LogP contribution < -0.4 is 5.32 Å². The average molecular weight is 145 g/mol. The van der Waals surface area contributed by atoms with Gasteiger partial charge in [0, 0.05) is 6.92 Å².